The van der Waals surface area contributed by atoms with Gasteiger partial charge in [-0.15, -0.1) is 16.9 Å². The number of ether oxygens (including phenoxy) is 2. The molecule has 0 radical (unpaired) electrons. The van der Waals surface area contributed by atoms with E-state index in [0.717, 1.165) is 21.8 Å². The Labute approximate surface area is 230 Å². The van der Waals surface area contributed by atoms with Crippen molar-refractivity contribution in [2.24, 2.45) is 0 Å². The molecule has 1 aromatic heterocycles. The van der Waals surface area contributed by atoms with Crippen LogP contribution in [0.4, 0.5) is 0 Å². The zero-order valence-electron chi connectivity index (χ0n) is 22.2. The second kappa shape index (κ2) is 19.7. The van der Waals surface area contributed by atoms with Crippen LogP contribution in [0.3, 0.4) is 0 Å². The number of thiocarbonyl (C=S) groups is 1. The summed E-state index contributed by atoms with van der Waals surface area (Å²) >= 11 is 8.57. The third-order valence-corrected chi connectivity index (χ3v) is 8.21. The van der Waals surface area contributed by atoms with Crippen LogP contribution < -0.4 is 0 Å². The molecule has 0 aromatic carbocycles. The van der Waals surface area contributed by atoms with Gasteiger partial charge in [-0.25, -0.2) is 4.79 Å². The highest BCUT2D eigenvalue weighted by Gasteiger charge is 2.31. The molecule has 0 spiro atoms. The summed E-state index contributed by atoms with van der Waals surface area (Å²) in [6.07, 6.45) is 16.6. The van der Waals surface area contributed by atoms with Crippen molar-refractivity contribution in [2.45, 2.75) is 109 Å². The van der Waals surface area contributed by atoms with Gasteiger partial charge in [-0.1, -0.05) is 100 Å². The summed E-state index contributed by atoms with van der Waals surface area (Å²) in [4.78, 5) is 23.7. The number of hydrogen-bond acceptors (Lipinski definition) is 9. The minimum Gasteiger partial charge on any atom is -0.465 e. The van der Waals surface area contributed by atoms with Crippen LogP contribution in [0.15, 0.2) is 18.9 Å². The van der Waals surface area contributed by atoms with Gasteiger partial charge in [0.15, 0.2) is 0 Å². The molecule has 36 heavy (non-hydrogen) atoms. The number of aryl methyl sites for hydroxylation is 1. The first kappa shape index (κ1) is 32.6. The maximum Gasteiger partial charge on any atom is 0.330 e. The number of thioether (sulfide) groups is 2. The first-order chi connectivity index (χ1) is 17.3. The van der Waals surface area contributed by atoms with Crippen molar-refractivity contribution in [3.05, 3.63) is 24.5 Å². The molecule has 0 saturated carbocycles. The summed E-state index contributed by atoms with van der Waals surface area (Å²) in [6, 6.07) is 0. The van der Waals surface area contributed by atoms with E-state index in [0.29, 0.717) is 18.7 Å². The standard InChI is InChI=1S/C26H43N3O4S3/c1-5-7-8-9-10-11-12-13-14-15-19-35-25(34)36-26(3,4)24(31)32-18-16-17-29-20-22(27-28-29)21-33-23(30)6-2/h6,20H,2,5,7-19,21H2,1,3-4H3. The highest BCUT2D eigenvalue weighted by molar-refractivity contribution is 8.47. The highest BCUT2D eigenvalue weighted by atomic mass is 32.2. The van der Waals surface area contributed by atoms with Crippen LogP contribution in [0.5, 0.6) is 0 Å². The average molecular weight is 558 g/mol. The number of aromatic nitrogens is 3. The molecule has 204 valence electrons. The SMILES string of the molecule is C=CC(=O)OCc1cn(CCCOC(=O)C(C)(C)SC(=S)SCCCCCCCCCCCC)nn1. The fraction of sp³-hybridized carbons (Fsp3) is 0.731. The van der Waals surface area contributed by atoms with Crippen molar-refractivity contribution in [1.29, 1.82) is 0 Å². The van der Waals surface area contributed by atoms with E-state index in [4.69, 9.17) is 21.7 Å². The highest BCUT2D eigenvalue weighted by Crippen LogP contribution is 2.32. The molecule has 7 nitrogen and oxygen atoms in total. The minimum absolute atomic E-state index is 0.0440. The number of hydrogen-bond donors (Lipinski definition) is 0. The first-order valence-corrected chi connectivity index (χ1v) is 15.2. The zero-order chi connectivity index (χ0) is 26.7. The normalized spacial score (nSPS) is 11.3. The van der Waals surface area contributed by atoms with Crippen LogP contribution in [-0.4, -0.2) is 47.6 Å². The zero-order valence-corrected chi connectivity index (χ0v) is 24.6. The van der Waals surface area contributed by atoms with E-state index in [-0.39, 0.29) is 19.2 Å². The maximum absolute atomic E-state index is 12.5. The quantitative estimate of drug-likeness (QED) is 0.0736. The summed E-state index contributed by atoms with van der Waals surface area (Å²) in [5.41, 5.74) is 0.545. The summed E-state index contributed by atoms with van der Waals surface area (Å²) in [6.45, 7) is 10.2. The van der Waals surface area contributed by atoms with Crippen LogP contribution >= 0.6 is 35.7 Å². The monoisotopic (exact) mass is 557 g/mol. The molecular weight excluding hydrogens is 515 g/mol. The molecule has 0 fully saturated rings. The summed E-state index contributed by atoms with van der Waals surface area (Å²) < 4.78 is 12.1. The lowest BCUT2D eigenvalue weighted by molar-refractivity contribution is -0.145. The average Bonchev–Trinajstić information content (AvgIpc) is 3.30. The van der Waals surface area contributed by atoms with E-state index in [1.165, 1.54) is 69.5 Å². The molecule has 0 amide bonds. The van der Waals surface area contributed by atoms with E-state index < -0.39 is 10.7 Å². The van der Waals surface area contributed by atoms with Crippen molar-refractivity contribution in [3.63, 3.8) is 0 Å². The number of unbranched alkanes of at least 4 members (excludes halogenated alkanes) is 9. The van der Waals surface area contributed by atoms with Crippen molar-refractivity contribution >= 4 is 51.2 Å². The lowest BCUT2D eigenvalue weighted by Crippen LogP contribution is -2.31. The Balaban J connectivity index is 2.12. The molecule has 0 atom stereocenters. The number of carbonyl (C=O) groups excluding carboxylic acids is 2. The fourth-order valence-electron chi connectivity index (χ4n) is 3.31. The predicted octanol–water partition coefficient (Wildman–Crippen LogP) is 6.89. The molecule has 0 aliphatic heterocycles. The lowest BCUT2D eigenvalue weighted by Gasteiger charge is -2.22. The van der Waals surface area contributed by atoms with Crippen molar-refractivity contribution in [3.8, 4) is 0 Å². The van der Waals surface area contributed by atoms with Crippen molar-refractivity contribution < 1.29 is 19.1 Å². The Morgan fingerprint density at radius 1 is 1.06 bits per heavy atom. The summed E-state index contributed by atoms with van der Waals surface area (Å²) in [5.74, 6) is 0.221. The number of esters is 2. The van der Waals surface area contributed by atoms with E-state index >= 15 is 0 Å². The predicted molar refractivity (Wildman–Crippen MR) is 154 cm³/mol. The lowest BCUT2D eigenvalue weighted by atomic mass is 10.1. The van der Waals surface area contributed by atoms with E-state index in [1.54, 1.807) is 22.6 Å². The molecule has 10 heteroatoms. The second-order valence-electron chi connectivity index (χ2n) is 9.17. The molecule has 0 unspecified atom stereocenters. The first-order valence-electron chi connectivity index (χ1n) is 13.0. The van der Waals surface area contributed by atoms with E-state index in [2.05, 4.69) is 23.8 Å². The van der Waals surface area contributed by atoms with Crippen molar-refractivity contribution in [2.75, 3.05) is 12.4 Å². The van der Waals surface area contributed by atoms with Gasteiger partial charge in [0.25, 0.3) is 0 Å². The number of carbonyl (C=O) groups is 2. The molecule has 0 N–H and O–H groups in total. The fourth-order valence-corrected chi connectivity index (χ4v) is 6.37. The van der Waals surface area contributed by atoms with E-state index in [1.807, 2.05) is 13.8 Å². The largest absolute Gasteiger partial charge is 0.465 e. The topological polar surface area (TPSA) is 83.3 Å². The van der Waals surface area contributed by atoms with Gasteiger partial charge in [-0.2, -0.15) is 0 Å². The van der Waals surface area contributed by atoms with Gasteiger partial charge < -0.3 is 9.47 Å². The van der Waals surface area contributed by atoms with Gasteiger partial charge >= 0.3 is 11.9 Å². The third-order valence-electron chi connectivity index (χ3n) is 5.43. The molecule has 1 aromatic rings. The van der Waals surface area contributed by atoms with Gasteiger partial charge in [-0.3, -0.25) is 9.48 Å². The molecule has 0 aliphatic carbocycles. The summed E-state index contributed by atoms with van der Waals surface area (Å²) in [7, 11) is 0. The maximum atomic E-state index is 12.5. The van der Waals surface area contributed by atoms with Gasteiger partial charge in [-0.05, 0) is 26.0 Å². The molecule has 1 rings (SSSR count). The van der Waals surface area contributed by atoms with Gasteiger partial charge in [0, 0.05) is 19.0 Å². The molecular formula is C26H43N3O4S3. The molecule has 0 saturated heterocycles. The minimum atomic E-state index is -0.725. The Morgan fingerprint density at radius 3 is 2.33 bits per heavy atom. The Hall–Kier alpha value is -1.39. The van der Waals surface area contributed by atoms with Crippen LogP contribution in [-0.2, 0) is 32.2 Å². The third kappa shape index (κ3) is 15.7. The number of nitrogens with zero attached hydrogens (tertiary/aromatic N) is 3. The van der Waals surface area contributed by atoms with Crippen LogP contribution in [0.25, 0.3) is 0 Å². The van der Waals surface area contributed by atoms with Crippen LogP contribution in [0, 0.1) is 0 Å². The second-order valence-corrected chi connectivity index (χ2v) is 13.1. The van der Waals surface area contributed by atoms with Gasteiger partial charge in [0.05, 0.1) is 12.8 Å². The number of rotatable bonds is 20. The molecule has 1 heterocycles. The summed E-state index contributed by atoms with van der Waals surface area (Å²) in [5, 5.41) is 7.92. The smallest absolute Gasteiger partial charge is 0.330 e. The van der Waals surface area contributed by atoms with E-state index in [9.17, 15) is 9.59 Å². The van der Waals surface area contributed by atoms with Gasteiger partial charge in [0.1, 0.15) is 20.6 Å². The Bertz CT molecular complexity index is 799. The van der Waals surface area contributed by atoms with Crippen molar-refractivity contribution in [1.82, 2.24) is 15.0 Å². The Morgan fingerprint density at radius 2 is 1.69 bits per heavy atom. The molecule has 0 aliphatic rings. The Kier molecular flexibility index (Phi) is 17.8. The van der Waals surface area contributed by atoms with Crippen LogP contribution in [0.1, 0.15) is 97.1 Å². The molecule has 0 bridgehead atoms. The van der Waals surface area contributed by atoms with Crippen LogP contribution in [0.2, 0.25) is 0 Å². The van der Waals surface area contributed by atoms with Gasteiger partial charge in [0.2, 0.25) is 0 Å².